The van der Waals surface area contributed by atoms with E-state index in [1.807, 2.05) is 6.07 Å². The van der Waals surface area contributed by atoms with Crippen LogP contribution in [0.2, 0.25) is 0 Å². The molecule has 3 heterocycles. The van der Waals surface area contributed by atoms with Crippen molar-refractivity contribution >= 4 is 27.1 Å². The molecule has 1 fully saturated rings. The first-order valence-electron chi connectivity index (χ1n) is 8.17. The first-order chi connectivity index (χ1) is 11.3. The van der Waals surface area contributed by atoms with Gasteiger partial charge < -0.3 is 10.5 Å². The van der Waals surface area contributed by atoms with Crippen LogP contribution in [-0.2, 0) is 4.74 Å². The second-order valence-electron chi connectivity index (χ2n) is 6.04. The normalized spacial score (nSPS) is 23.5. The lowest BCUT2D eigenvalue weighted by atomic mass is 10.2. The van der Waals surface area contributed by atoms with Gasteiger partial charge in [-0.05, 0) is 12.1 Å². The van der Waals surface area contributed by atoms with Gasteiger partial charge in [0.15, 0.2) is 0 Å². The highest BCUT2D eigenvalue weighted by Crippen LogP contribution is 2.31. The molecule has 0 radical (unpaired) electrons. The Labute approximate surface area is 140 Å². The van der Waals surface area contributed by atoms with E-state index < -0.39 is 0 Å². The fourth-order valence-corrected chi connectivity index (χ4v) is 4.22. The van der Waals surface area contributed by atoms with Crippen molar-refractivity contribution < 1.29 is 4.74 Å². The molecule has 2 aliphatic rings. The average Bonchev–Trinajstić information content (AvgIpc) is 3.17. The van der Waals surface area contributed by atoms with E-state index in [0.717, 1.165) is 56.5 Å². The molecule has 6 heteroatoms. The Hall–Kier alpha value is -1.31. The number of hydrogen-bond donors (Lipinski definition) is 1. The summed E-state index contributed by atoms with van der Waals surface area (Å²) in [4.78, 5) is 9.53. The topological polar surface area (TPSA) is 54.6 Å². The average molecular weight is 330 g/mol. The minimum Gasteiger partial charge on any atom is -0.379 e. The van der Waals surface area contributed by atoms with Crippen molar-refractivity contribution in [1.82, 2.24) is 14.8 Å². The summed E-state index contributed by atoms with van der Waals surface area (Å²) < 4.78 is 6.62. The first-order valence-corrected chi connectivity index (χ1v) is 8.98. The Morgan fingerprint density at radius 1 is 1.22 bits per heavy atom. The molecule has 1 atom stereocenters. The number of fused-ring (bicyclic) bond motifs is 1. The van der Waals surface area contributed by atoms with Crippen LogP contribution in [-0.4, -0.2) is 66.9 Å². The molecule has 2 N–H and O–H groups in total. The third kappa shape index (κ3) is 3.18. The highest BCUT2D eigenvalue weighted by molar-refractivity contribution is 7.19. The zero-order chi connectivity index (χ0) is 15.6. The Morgan fingerprint density at radius 3 is 2.87 bits per heavy atom. The Bertz CT molecular complexity index is 674. The second-order valence-corrected chi connectivity index (χ2v) is 7.07. The number of ether oxygens (including phenoxy) is 1. The van der Waals surface area contributed by atoms with Gasteiger partial charge in [0.05, 0.1) is 29.6 Å². The summed E-state index contributed by atoms with van der Waals surface area (Å²) >= 11 is 1.73. The van der Waals surface area contributed by atoms with Gasteiger partial charge in [-0.3, -0.25) is 9.80 Å². The minimum atomic E-state index is -0.0448. The van der Waals surface area contributed by atoms with Crippen LogP contribution in [0.3, 0.4) is 0 Å². The Balaban J connectivity index is 1.41. The van der Waals surface area contributed by atoms with E-state index in [4.69, 9.17) is 15.5 Å². The monoisotopic (exact) mass is 330 g/mol. The molecule has 4 rings (SSSR count). The third-order valence-corrected chi connectivity index (χ3v) is 5.69. The SMILES string of the molecule is NC1C(c2nc3ccccc3s2)=CCN1CCN1CCOCC1. The van der Waals surface area contributed by atoms with Gasteiger partial charge >= 0.3 is 0 Å². The Kier molecular flexibility index (Phi) is 4.41. The van der Waals surface area contributed by atoms with E-state index in [1.54, 1.807) is 11.3 Å². The molecule has 2 aromatic rings. The largest absolute Gasteiger partial charge is 0.379 e. The number of nitrogens with zero attached hydrogens (tertiary/aromatic N) is 3. The van der Waals surface area contributed by atoms with Crippen LogP contribution in [0, 0.1) is 0 Å². The van der Waals surface area contributed by atoms with Crippen LogP contribution in [0.15, 0.2) is 30.3 Å². The van der Waals surface area contributed by atoms with Gasteiger partial charge in [-0.15, -0.1) is 11.3 Å². The van der Waals surface area contributed by atoms with Crippen molar-refractivity contribution in [2.24, 2.45) is 5.73 Å². The van der Waals surface area contributed by atoms with Crippen molar-refractivity contribution in [2.45, 2.75) is 6.17 Å². The molecule has 5 nitrogen and oxygen atoms in total. The zero-order valence-corrected chi connectivity index (χ0v) is 14.0. The summed E-state index contributed by atoms with van der Waals surface area (Å²) in [6, 6.07) is 8.27. The number of thiazole rings is 1. The molecule has 1 aromatic carbocycles. The summed E-state index contributed by atoms with van der Waals surface area (Å²) in [5, 5.41) is 1.06. The van der Waals surface area contributed by atoms with Gasteiger partial charge in [0.1, 0.15) is 5.01 Å². The van der Waals surface area contributed by atoms with E-state index in [-0.39, 0.29) is 6.17 Å². The number of morpholine rings is 1. The summed E-state index contributed by atoms with van der Waals surface area (Å²) in [5.41, 5.74) is 8.71. The predicted octanol–water partition coefficient (Wildman–Crippen LogP) is 1.61. The lowest BCUT2D eigenvalue weighted by Crippen LogP contribution is -2.45. The first kappa shape index (κ1) is 15.2. The Morgan fingerprint density at radius 2 is 2.04 bits per heavy atom. The van der Waals surface area contributed by atoms with Gasteiger partial charge in [-0.1, -0.05) is 18.2 Å². The van der Waals surface area contributed by atoms with Gasteiger partial charge in [0.2, 0.25) is 0 Å². The van der Waals surface area contributed by atoms with Crippen molar-refractivity contribution in [3.63, 3.8) is 0 Å². The van der Waals surface area contributed by atoms with E-state index in [1.165, 1.54) is 10.3 Å². The number of nitrogens with two attached hydrogens (primary N) is 1. The molecular formula is C17H22N4OS. The standard InChI is InChI=1S/C17H22N4OS/c18-16-13(17-19-14-3-1-2-4-15(14)23-17)5-6-21(16)8-7-20-9-11-22-12-10-20/h1-5,16H,6-12,18H2. The molecule has 0 bridgehead atoms. The van der Waals surface area contributed by atoms with Crippen molar-refractivity contribution in [3.05, 3.63) is 35.3 Å². The summed E-state index contributed by atoms with van der Waals surface area (Å²) in [6.07, 6.45) is 2.19. The second kappa shape index (κ2) is 6.67. The minimum absolute atomic E-state index is 0.0448. The summed E-state index contributed by atoms with van der Waals surface area (Å²) in [6.45, 7) is 6.71. The third-order valence-electron chi connectivity index (χ3n) is 4.61. The number of rotatable bonds is 4. The quantitative estimate of drug-likeness (QED) is 0.923. The van der Waals surface area contributed by atoms with Gasteiger partial charge in [-0.25, -0.2) is 4.98 Å². The van der Waals surface area contributed by atoms with E-state index in [0.29, 0.717) is 0 Å². The predicted molar refractivity (Wildman–Crippen MR) is 94.4 cm³/mol. The maximum atomic E-state index is 6.47. The van der Waals surface area contributed by atoms with Gasteiger partial charge in [0.25, 0.3) is 0 Å². The van der Waals surface area contributed by atoms with Crippen LogP contribution in [0.5, 0.6) is 0 Å². The number of aromatic nitrogens is 1. The molecule has 0 spiro atoms. The molecular weight excluding hydrogens is 308 g/mol. The number of benzene rings is 1. The molecule has 2 aliphatic heterocycles. The highest BCUT2D eigenvalue weighted by Gasteiger charge is 2.27. The van der Waals surface area contributed by atoms with Crippen LogP contribution in [0.4, 0.5) is 0 Å². The smallest absolute Gasteiger partial charge is 0.123 e. The van der Waals surface area contributed by atoms with Crippen molar-refractivity contribution in [3.8, 4) is 0 Å². The molecule has 1 saturated heterocycles. The molecule has 122 valence electrons. The molecule has 0 saturated carbocycles. The van der Waals surface area contributed by atoms with Crippen molar-refractivity contribution in [2.75, 3.05) is 45.9 Å². The van der Waals surface area contributed by atoms with E-state index in [2.05, 4.69) is 34.1 Å². The number of para-hydroxylation sites is 1. The zero-order valence-electron chi connectivity index (χ0n) is 13.1. The fraction of sp³-hybridized carbons (Fsp3) is 0.471. The lowest BCUT2D eigenvalue weighted by molar-refractivity contribution is 0.0333. The van der Waals surface area contributed by atoms with Crippen LogP contribution < -0.4 is 5.73 Å². The van der Waals surface area contributed by atoms with E-state index >= 15 is 0 Å². The van der Waals surface area contributed by atoms with Crippen LogP contribution in [0.1, 0.15) is 5.01 Å². The fourth-order valence-electron chi connectivity index (χ4n) is 3.18. The molecule has 1 unspecified atom stereocenters. The highest BCUT2D eigenvalue weighted by atomic mass is 32.1. The van der Waals surface area contributed by atoms with E-state index in [9.17, 15) is 0 Å². The maximum Gasteiger partial charge on any atom is 0.123 e. The molecule has 0 amide bonds. The number of hydrogen-bond acceptors (Lipinski definition) is 6. The lowest BCUT2D eigenvalue weighted by Gasteiger charge is -2.30. The van der Waals surface area contributed by atoms with Crippen LogP contribution in [0.25, 0.3) is 15.8 Å². The maximum absolute atomic E-state index is 6.47. The van der Waals surface area contributed by atoms with Gasteiger partial charge in [-0.2, -0.15) is 0 Å². The molecule has 1 aromatic heterocycles. The molecule has 23 heavy (non-hydrogen) atoms. The summed E-state index contributed by atoms with van der Waals surface area (Å²) in [7, 11) is 0. The summed E-state index contributed by atoms with van der Waals surface area (Å²) in [5.74, 6) is 0. The van der Waals surface area contributed by atoms with Crippen LogP contribution >= 0.6 is 11.3 Å². The van der Waals surface area contributed by atoms with Gasteiger partial charge in [0, 0.05) is 38.3 Å². The molecule has 0 aliphatic carbocycles. The van der Waals surface area contributed by atoms with Crippen molar-refractivity contribution in [1.29, 1.82) is 0 Å².